The molecular formula is C26H22O3. The van der Waals surface area contributed by atoms with Crippen LogP contribution in [0.25, 0.3) is 0 Å². The highest BCUT2D eigenvalue weighted by Crippen LogP contribution is 2.57. The van der Waals surface area contributed by atoms with E-state index in [1.165, 1.54) is 0 Å². The van der Waals surface area contributed by atoms with Gasteiger partial charge in [0.15, 0.2) is 5.60 Å². The number of carbonyl (C=O) groups is 2. The monoisotopic (exact) mass is 382 g/mol. The molecule has 3 nitrogen and oxygen atoms in total. The van der Waals surface area contributed by atoms with Gasteiger partial charge in [-0.25, -0.2) is 0 Å². The van der Waals surface area contributed by atoms with Crippen molar-refractivity contribution in [3.63, 3.8) is 0 Å². The second-order valence-corrected chi connectivity index (χ2v) is 7.92. The zero-order valence-electron chi connectivity index (χ0n) is 16.0. The summed E-state index contributed by atoms with van der Waals surface area (Å²) in [7, 11) is 0. The van der Waals surface area contributed by atoms with Crippen molar-refractivity contribution in [1.82, 2.24) is 0 Å². The molecule has 3 heteroatoms. The second kappa shape index (κ2) is 7.00. The standard InChI is InChI=1S/C26H22O3/c27-22-17-16-21-23(22)24(21)25(28)29-26(18-10-4-1-5-11-18,19-12-6-2-7-13-19)20-14-8-3-9-15-20/h1-15,21,23-24H,16-17H2/t21-,23-,24+/m0/s1. The van der Waals surface area contributed by atoms with Crippen molar-refractivity contribution in [2.75, 3.05) is 0 Å². The Morgan fingerprint density at radius 3 is 1.59 bits per heavy atom. The first-order valence-electron chi connectivity index (χ1n) is 10.1. The van der Waals surface area contributed by atoms with Gasteiger partial charge in [-0.2, -0.15) is 0 Å². The summed E-state index contributed by atoms with van der Waals surface area (Å²) in [5.41, 5.74) is 1.62. The smallest absolute Gasteiger partial charge is 0.311 e. The average molecular weight is 382 g/mol. The molecule has 2 aliphatic rings. The van der Waals surface area contributed by atoms with Gasteiger partial charge in [-0.05, 0) is 12.3 Å². The lowest BCUT2D eigenvalue weighted by molar-refractivity contribution is -0.156. The van der Waals surface area contributed by atoms with Gasteiger partial charge >= 0.3 is 5.97 Å². The molecule has 0 saturated heterocycles. The van der Waals surface area contributed by atoms with Crippen LogP contribution in [0.4, 0.5) is 0 Å². The minimum absolute atomic E-state index is 0.137. The minimum Gasteiger partial charge on any atom is -0.444 e. The van der Waals surface area contributed by atoms with Crippen LogP contribution in [0.15, 0.2) is 91.0 Å². The van der Waals surface area contributed by atoms with Gasteiger partial charge in [0.2, 0.25) is 0 Å². The van der Waals surface area contributed by atoms with Crippen molar-refractivity contribution < 1.29 is 14.3 Å². The van der Waals surface area contributed by atoms with E-state index in [0.717, 1.165) is 23.1 Å². The van der Waals surface area contributed by atoms with Gasteiger partial charge < -0.3 is 4.74 Å². The molecule has 0 spiro atoms. The van der Waals surface area contributed by atoms with E-state index < -0.39 is 5.60 Å². The maximum absolute atomic E-state index is 13.3. The Bertz CT molecular complexity index is 931. The van der Waals surface area contributed by atoms with Gasteiger partial charge in [-0.15, -0.1) is 0 Å². The molecule has 3 aromatic carbocycles. The van der Waals surface area contributed by atoms with Crippen molar-refractivity contribution in [1.29, 1.82) is 0 Å². The van der Waals surface area contributed by atoms with Crippen LogP contribution < -0.4 is 0 Å². The number of hydrogen-bond donors (Lipinski definition) is 0. The number of esters is 1. The lowest BCUT2D eigenvalue weighted by atomic mass is 9.80. The molecule has 0 unspecified atom stereocenters. The van der Waals surface area contributed by atoms with E-state index in [1.807, 2.05) is 91.0 Å². The number of ether oxygens (including phenoxy) is 1. The van der Waals surface area contributed by atoms with Crippen LogP contribution in [-0.4, -0.2) is 11.8 Å². The van der Waals surface area contributed by atoms with E-state index >= 15 is 0 Å². The lowest BCUT2D eigenvalue weighted by Gasteiger charge is -2.35. The van der Waals surface area contributed by atoms with Crippen molar-refractivity contribution >= 4 is 11.8 Å². The molecular weight excluding hydrogens is 360 g/mol. The van der Waals surface area contributed by atoms with Gasteiger partial charge in [0.25, 0.3) is 0 Å². The van der Waals surface area contributed by atoms with Crippen molar-refractivity contribution in [3.8, 4) is 0 Å². The molecule has 0 bridgehead atoms. The minimum atomic E-state index is -1.05. The first kappa shape index (κ1) is 17.9. The number of rotatable bonds is 5. The van der Waals surface area contributed by atoms with Crippen LogP contribution in [0.3, 0.4) is 0 Å². The summed E-state index contributed by atoms with van der Waals surface area (Å²) in [5, 5.41) is 0. The molecule has 144 valence electrons. The van der Waals surface area contributed by atoms with Crippen molar-refractivity contribution in [2.24, 2.45) is 17.8 Å². The van der Waals surface area contributed by atoms with Gasteiger partial charge in [0.1, 0.15) is 5.78 Å². The molecule has 0 aliphatic heterocycles. The van der Waals surface area contributed by atoms with Crippen LogP contribution in [-0.2, 0) is 19.9 Å². The summed E-state index contributed by atoms with van der Waals surface area (Å²) in [4.78, 5) is 25.4. The SMILES string of the molecule is O=C1CC[C@H]2[C@@H]1[C@@H]2C(=O)OC(c1ccccc1)(c1ccccc1)c1ccccc1. The Kier molecular flexibility index (Phi) is 4.31. The third-order valence-corrected chi connectivity index (χ3v) is 6.33. The van der Waals surface area contributed by atoms with Gasteiger partial charge in [-0.3, -0.25) is 9.59 Å². The summed E-state index contributed by atoms with van der Waals surface area (Å²) >= 11 is 0. The maximum Gasteiger partial charge on any atom is 0.311 e. The van der Waals surface area contributed by atoms with Crippen LogP contribution in [0, 0.1) is 17.8 Å². The lowest BCUT2D eigenvalue weighted by Crippen LogP contribution is -2.36. The largest absolute Gasteiger partial charge is 0.444 e. The molecule has 2 saturated carbocycles. The fraction of sp³-hybridized carbons (Fsp3) is 0.231. The van der Waals surface area contributed by atoms with Crippen molar-refractivity contribution in [3.05, 3.63) is 108 Å². The molecule has 0 amide bonds. The quantitative estimate of drug-likeness (QED) is 0.473. The molecule has 0 aromatic heterocycles. The van der Waals surface area contributed by atoms with Crippen LogP contribution in [0.1, 0.15) is 29.5 Å². The molecule has 2 aliphatic carbocycles. The van der Waals surface area contributed by atoms with Crippen LogP contribution >= 0.6 is 0 Å². The Labute approximate surface area is 170 Å². The Morgan fingerprint density at radius 2 is 1.21 bits per heavy atom. The van der Waals surface area contributed by atoms with Crippen LogP contribution in [0.5, 0.6) is 0 Å². The number of benzene rings is 3. The zero-order valence-corrected chi connectivity index (χ0v) is 16.0. The Balaban J connectivity index is 1.64. The number of fused-ring (bicyclic) bond motifs is 1. The highest BCUT2D eigenvalue weighted by Gasteiger charge is 2.63. The topological polar surface area (TPSA) is 43.4 Å². The normalized spacial score (nSPS) is 22.8. The first-order valence-corrected chi connectivity index (χ1v) is 10.1. The molecule has 29 heavy (non-hydrogen) atoms. The average Bonchev–Trinajstić information content (AvgIpc) is 3.41. The van der Waals surface area contributed by atoms with E-state index in [2.05, 4.69) is 0 Å². The predicted molar refractivity (Wildman–Crippen MR) is 110 cm³/mol. The summed E-state index contributed by atoms with van der Waals surface area (Å²) in [6, 6.07) is 29.6. The number of Topliss-reactive ketones (excluding diaryl/α,β-unsaturated/α-hetero) is 1. The number of ketones is 1. The summed E-state index contributed by atoms with van der Waals surface area (Å²) in [6.07, 6.45) is 1.40. The molecule has 0 radical (unpaired) electrons. The Morgan fingerprint density at radius 1 is 0.759 bits per heavy atom. The fourth-order valence-electron chi connectivity index (χ4n) is 4.88. The van der Waals surface area contributed by atoms with Gasteiger partial charge in [0, 0.05) is 29.0 Å². The third-order valence-electron chi connectivity index (χ3n) is 6.33. The van der Waals surface area contributed by atoms with E-state index in [-0.39, 0.29) is 29.5 Å². The molecule has 2 fully saturated rings. The van der Waals surface area contributed by atoms with Crippen LogP contribution in [0.2, 0.25) is 0 Å². The predicted octanol–water partition coefficient (Wildman–Crippen LogP) is 4.75. The summed E-state index contributed by atoms with van der Waals surface area (Å²) in [5.74, 6) is -0.337. The Hall–Kier alpha value is -3.20. The second-order valence-electron chi connectivity index (χ2n) is 7.92. The van der Waals surface area contributed by atoms with E-state index in [0.29, 0.717) is 6.42 Å². The first-order chi connectivity index (χ1) is 14.2. The molecule has 0 N–H and O–H groups in total. The maximum atomic E-state index is 13.3. The third kappa shape index (κ3) is 2.89. The van der Waals surface area contributed by atoms with E-state index in [4.69, 9.17) is 4.74 Å². The van der Waals surface area contributed by atoms with Gasteiger partial charge in [0.05, 0.1) is 5.92 Å². The highest BCUT2D eigenvalue weighted by atomic mass is 16.6. The summed E-state index contributed by atoms with van der Waals surface area (Å²) in [6.45, 7) is 0. The number of carbonyl (C=O) groups excluding carboxylic acids is 2. The van der Waals surface area contributed by atoms with E-state index in [1.54, 1.807) is 0 Å². The van der Waals surface area contributed by atoms with E-state index in [9.17, 15) is 9.59 Å². The van der Waals surface area contributed by atoms with Crippen molar-refractivity contribution in [2.45, 2.75) is 18.4 Å². The molecule has 0 heterocycles. The summed E-state index contributed by atoms with van der Waals surface area (Å²) < 4.78 is 6.41. The fourth-order valence-corrected chi connectivity index (χ4v) is 4.88. The zero-order chi connectivity index (χ0) is 19.8. The molecule has 3 aromatic rings. The highest BCUT2D eigenvalue weighted by molar-refractivity contribution is 5.95. The molecule has 3 atom stereocenters. The van der Waals surface area contributed by atoms with Gasteiger partial charge in [-0.1, -0.05) is 91.0 Å². The molecule has 5 rings (SSSR count). The number of hydrogen-bond acceptors (Lipinski definition) is 3.